The van der Waals surface area contributed by atoms with Crippen LogP contribution in [-0.4, -0.2) is 46.8 Å². The molecular weight excluding hydrogens is 392 g/mol. The Morgan fingerprint density at radius 1 is 1.03 bits per heavy atom. The van der Waals surface area contributed by atoms with Gasteiger partial charge in [-0.25, -0.2) is 4.68 Å². The molecule has 7 heteroatoms. The van der Waals surface area contributed by atoms with E-state index in [4.69, 9.17) is 4.74 Å². The molecule has 2 heterocycles. The number of para-hydroxylation sites is 1. The molecule has 0 bridgehead atoms. The lowest BCUT2D eigenvalue weighted by molar-refractivity contribution is 0.0946. The van der Waals surface area contributed by atoms with E-state index in [-0.39, 0.29) is 18.0 Å². The lowest BCUT2D eigenvalue weighted by Crippen LogP contribution is -2.32. The van der Waals surface area contributed by atoms with Gasteiger partial charge < -0.3 is 15.0 Å². The molecule has 1 N–H and O–H groups in total. The lowest BCUT2D eigenvalue weighted by atomic mass is 10.1. The zero-order chi connectivity index (χ0) is 21.6. The third-order valence-electron chi connectivity index (χ3n) is 5.62. The summed E-state index contributed by atoms with van der Waals surface area (Å²) in [6.07, 6.45) is 2.42. The number of amides is 1. The molecule has 1 amide bonds. The Morgan fingerprint density at radius 2 is 1.74 bits per heavy atom. The molecule has 3 aromatic rings. The summed E-state index contributed by atoms with van der Waals surface area (Å²) in [6, 6.07) is 14.6. The Labute approximate surface area is 181 Å². The molecule has 7 nitrogen and oxygen atoms in total. The zero-order valence-corrected chi connectivity index (χ0v) is 17.8. The van der Waals surface area contributed by atoms with Gasteiger partial charge in [0.2, 0.25) is 0 Å². The van der Waals surface area contributed by atoms with Crippen LogP contribution in [0, 0.1) is 0 Å². The maximum atomic E-state index is 12.9. The van der Waals surface area contributed by atoms with Crippen molar-refractivity contribution in [3.05, 3.63) is 70.1 Å². The molecular formula is C24H28N4O3. The van der Waals surface area contributed by atoms with Crippen LogP contribution in [-0.2, 0) is 13.1 Å². The number of hydrogen-bond donors (Lipinski definition) is 1. The Hall–Kier alpha value is -3.19. The van der Waals surface area contributed by atoms with Crippen LogP contribution in [0.15, 0.2) is 53.3 Å². The highest BCUT2D eigenvalue weighted by Crippen LogP contribution is 2.18. The molecule has 1 aliphatic heterocycles. The van der Waals surface area contributed by atoms with Crippen LogP contribution < -0.4 is 15.6 Å². The Balaban J connectivity index is 1.57. The van der Waals surface area contributed by atoms with Crippen LogP contribution in [0.3, 0.4) is 0 Å². The van der Waals surface area contributed by atoms with Crippen LogP contribution in [0.1, 0.15) is 35.8 Å². The van der Waals surface area contributed by atoms with Gasteiger partial charge >= 0.3 is 0 Å². The minimum Gasteiger partial charge on any atom is -0.493 e. The van der Waals surface area contributed by atoms with Crippen LogP contribution in [0.2, 0.25) is 0 Å². The second-order valence-electron chi connectivity index (χ2n) is 7.68. The Bertz CT molecular complexity index is 1120. The first-order valence-electron chi connectivity index (χ1n) is 10.9. The van der Waals surface area contributed by atoms with Crippen LogP contribution in [0.25, 0.3) is 10.8 Å². The van der Waals surface area contributed by atoms with Crippen molar-refractivity contribution in [2.24, 2.45) is 0 Å². The van der Waals surface area contributed by atoms with Crippen molar-refractivity contribution in [1.29, 1.82) is 0 Å². The highest BCUT2D eigenvalue weighted by atomic mass is 16.5. The van der Waals surface area contributed by atoms with E-state index in [9.17, 15) is 9.59 Å². The number of carbonyl (C=O) groups is 1. The van der Waals surface area contributed by atoms with Crippen LogP contribution in [0.5, 0.6) is 5.75 Å². The summed E-state index contributed by atoms with van der Waals surface area (Å²) < 4.78 is 7.11. The highest BCUT2D eigenvalue weighted by molar-refractivity contribution is 5.97. The number of nitrogens with one attached hydrogen (secondary N) is 1. The fourth-order valence-corrected chi connectivity index (χ4v) is 4.02. The van der Waals surface area contributed by atoms with Crippen molar-refractivity contribution in [3.63, 3.8) is 0 Å². The first kappa shape index (κ1) is 21.1. The molecule has 162 valence electrons. The van der Waals surface area contributed by atoms with Crippen molar-refractivity contribution < 1.29 is 9.53 Å². The van der Waals surface area contributed by atoms with Crippen molar-refractivity contribution >= 4 is 16.7 Å². The number of rotatable bonds is 8. The minimum atomic E-state index is -0.232. The second-order valence-corrected chi connectivity index (χ2v) is 7.68. The van der Waals surface area contributed by atoms with Gasteiger partial charge in [0.05, 0.1) is 36.3 Å². The monoisotopic (exact) mass is 420 g/mol. The van der Waals surface area contributed by atoms with Gasteiger partial charge in [-0.1, -0.05) is 30.3 Å². The fourth-order valence-electron chi connectivity index (χ4n) is 4.02. The normalized spacial score (nSPS) is 14.1. The zero-order valence-electron chi connectivity index (χ0n) is 17.8. The quantitative estimate of drug-likeness (QED) is 0.606. The number of carbonyl (C=O) groups excluding carboxylic acids is 1. The van der Waals surface area contributed by atoms with Gasteiger partial charge in [0.15, 0.2) is 0 Å². The number of likely N-dealkylation sites (tertiary alicyclic amines) is 1. The SMILES string of the molecule is CCOc1ccccc1C(=O)NCc1nn(CCN2CCCC2)c(=O)c2ccccc12. The van der Waals surface area contributed by atoms with Gasteiger partial charge in [0.25, 0.3) is 11.5 Å². The lowest BCUT2D eigenvalue weighted by Gasteiger charge is -2.16. The molecule has 0 atom stereocenters. The molecule has 0 unspecified atom stereocenters. The van der Waals surface area contributed by atoms with Gasteiger partial charge in [-0.2, -0.15) is 5.10 Å². The van der Waals surface area contributed by atoms with Gasteiger partial charge in [-0.05, 0) is 51.1 Å². The molecule has 4 rings (SSSR count). The van der Waals surface area contributed by atoms with E-state index in [1.165, 1.54) is 17.5 Å². The van der Waals surface area contributed by atoms with E-state index >= 15 is 0 Å². The Morgan fingerprint density at radius 3 is 2.52 bits per heavy atom. The van der Waals surface area contributed by atoms with E-state index in [1.54, 1.807) is 12.1 Å². The number of fused-ring (bicyclic) bond motifs is 1. The first-order chi connectivity index (χ1) is 15.2. The van der Waals surface area contributed by atoms with E-state index in [0.29, 0.717) is 35.5 Å². The third kappa shape index (κ3) is 4.77. The van der Waals surface area contributed by atoms with Gasteiger partial charge in [0.1, 0.15) is 5.75 Å². The second kappa shape index (κ2) is 9.75. The molecule has 0 saturated carbocycles. The summed E-state index contributed by atoms with van der Waals surface area (Å²) in [5, 5.41) is 8.95. The van der Waals surface area contributed by atoms with Crippen molar-refractivity contribution in [2.75, 3.05) is 26.2 Å². The number of benzene rings is 2. The number of ether oxygens (including phenoxy) is 1. The van der Waals surface area contributed by atoms with E-state index in [2.05, 4.69) is 15.3 Å². The summed E-state index contributed by atoms with van der Waals surface area (Å²) in [6.45, 7) is 6.09. The number of aromatic nitrogens is 2. The van der Waals surface area contributed by atoms with Crippen LogP contribution in [0.4, 0.5) is 0 Å². The van der Waals surface area contributed by atoms with E-state index in [0.717, 1.165) is 25.0 Å². The molecule has 0 aliphatic carbocycles. The fraction of sp³-hybridized carbons (Fsp3) is 0.375. The van der Waals surface area contributed by atoms with E-state index < -0.39 is 0 Å². The van der Waals surface area contributed by atoms with Gasteiger partial charge in [0, 0.05) is 11.9 Å². The molecule has 1 aliphatic rings. The molecule has 2 aromatic carbocycles. The van der Waals surface area contributed by atoms with Crippen molar-refractivity contribution in [2.45, 2.75) is 32.9 Å². The smallest absolute Gasteiger partial charge is 0.274 e. The highest BCUT2D eigenvalue weighted by Gasteiger charge is 2.16. The average Bonchev–Trinajstić information content (AvgIpc) is 3.32. The maximum Gasteiger partial charge on any atom is 0.274 e. The predicted molar refractivity (Wildman–Crippen MR) is 120 cm³/mol. The average molecular weight is 421 g/mol. The number of hydrogen-bond acceptors (Lipinski definition) is 5. The van der Waals surface area contributed by atoms with Crippen molar-refractivity contribution in [1.82, 2.24) is 20.0 Å². The largest absolute Gasteiger partial charge is 0.493 e. The molecule has 1 saturated heterocycles. The van der Waals surface area contributed by atoms with Crippen molar-refractivity contribution in [3.8, 4) is 5.75 Å². The summed E-state index contributed by atoms with van der Waals surface area (Å²) in [4.78, 5) is 28.1. The predicted octanol–water partition coefficient (Wildman–Crippen LogP) is 2.82. The molecule has 1 aromatic heterocycles. The minimum absolute atomic E-state index is 0.0911. The standard InChI is InChI=1S/C24H28N4O3/c1-2-31-22-12-6-5-11-20(22)23(29)25-17-21-18-9-3-4-10-19(18)24(30)28(26-21)16-15-27-13-7-8-14-27/h3-6,9-12H,2,7-8,13-17H2,1H3,(H,25,29). The number of nitrogens with zero attached hydrogens (tertiary/aromatic N) is 3. The Kier molecular flexibility index (Phi) is 6.62. The summed E-state index contributed by atoms with van der Waals surface area (Å²) in [5.74, 6) is 0.320. The molecule has 0 radical (unpaired) electrons. The maximum absolute atomic E-state index is 12.9. The third-order valence-corrected chi connectivity index (χ3v) is 5.62. The van der Waals surface area contributed by atoms with Gasteiger partial charge in [-0.15, -0.1) is 0 Å². The molecule has 31 heavy (non-hydrogen) atoms. The van der Waals surface area contributed by atoms with E-state index in [1.807, 2.05) is 43.3 Å². The summed E-state index contributed by atoms with van der Waals surface area (Å²) in [5.41, 5.74) is 1.07. The van der Waals surface area contributed by atoms with Gasteiger partial charge in [-0.3, -0.25) is 9.59 Å². The topological polar surface area (TPSA) is 76.5 Å². The molecule has 1 fully saturated rings. The van der Waals surface area contributed by atoms with Crippen LogP contribution >= 0.6 is 0 Å². The summed E-state index contributed by atoms with van der Waals surface area (Å²) >= 11 is 0. The molecule has 0 spiro atoms. The first-order valence-corrected chi connectivity index (χ1v) is 10.9. The summed E-state index contributed by atoms with van der Waals surface area (Å²) in [7, 11) is 0.